The molecule has 0 amide bonds. The third-order valence-corrected chi connectivity index (χ3v) is 3.30. The first-order valence-electron chi connectivity index (χ1n) is 6.93. The number of hydrogen-bond acceptors (Lipinski definition) is 4. The van der Waals surface area contributed by atoms with E-state index in [0.717, 1.165) is 5.57 Å². The number of aromatic nitrogens is 2. The molecular formula is C16H16N2O4. The Labute approximate surface area is 126 Å². The van der Waals surface area contributed by atoms with Gasteiger partial charge in [0, 0.05) is 25.0 Å². The van der Waals surface area contributed by atoms with Crippen molar-refractivity contribution in [2.75, 3.05) is 13.2 Å². The molecule has 0 spiro atoms. The molecule has 0 bridgehead atoms. The van der Waals surface area contributed by atoms with E-state index in [1.54, 1.807) is 37.5 Å². The Hall–Kier alpha value is -2.76. The second kappa shape index (κ2) is 5.55. The highest BCUT2D eigenvalue weighted by atomic mass is 16.6. The highest BCUT2D eigenvalue weighted by Crippen LogP contribution is 2.31. The van der Waals surface area contributed by atoms with Gasteiger partial charge in [0.05, 0.1) is 5.69 Å². The lowest BCUT2D eigenvalue weighted by atomic mass is 10.2. The standard InChI is InChI=1S/C16H16N2O4/c1-11(2)10-17-5-6-18(16(20)15(17)19)12-3-4-13-14(9-12)22-8-7-21-13/h3-6,9H,1,7-8,10H2,2H3. The zero-order valence-corrected chi connectivity index (χ0v) is 12.2. The number of fused-ring (bicyclic) bond motifs is 1. The van der Waals surface area contributed by atoms with Crippen LogP contribution >= 0.6 is 0 Å². The molecule has 0 radical (unpaired) electrons. The van der Waals surface area contributed by atoms with Crippen LogP contribution in [0.25, 0.3) is 5.69 Å². The molecule has 2 aromatic rings. The number of ether oxygens (including phenoxy) is 2. The number of rotatable bonds is 3. The molecule has 0 aliphatic carbocycles. The third-order valence-electron chi connectivity index (χ3n) is 3.30. The Morgan fingerprint density at radius 3 is 2.59 bits per heavy atom. The SMILES string of the molecule is C=C(C)Cn1ccn(-c2ccc3c(c2)OCCO3)c(=O)c1=O. The number of allylic oxidation sites excluding steroid dienone is 1. The molecule has 114 valence electrons. The minimum Gasteiger partial charge on any atom is -0.486 e. The van der Waals surface area contributed by atoms with Gasteiger partial charge < -0.3 is 14.0 Å². The van der Waals surface area contributed by atoms with Crippen molar-refractivity contribution >= 4 is 0 Å². The number of hydrogen-bond donors (Lipinski definition) is 0. The molecule has 1 aliphatic rings. The van der Waals surface area contributed by atoms with E-state index in [9.17, 15) is 9.59 Å². The summed E-state index contributed by atoms with van der Waals surface area (Å²) in [6.45, 7) is 6.85. The van der Waals surface area contributed by atoms with Crippen LogP contribution in [0.4, 0.5) is 0 Å². The van der Waals surface area contributed by atoms with Crippen molar-refractivity contribution in [3.05, 3.63) is 63.5 Å². The molecule has 2 heterocycles. The van der Waals surface area contributed by atoms with Crippen molar-refractivity contribution in [2.24, 2.45) is 0 Å². The van der Waals surface area contributed by atoms with Gasteiger partial charge in [-0.2, -0.15) is 0 Å². The zero-order chi connectivity index (χ0) is 15.7. The smallest absolute Gasteiger partial charge is 0.320 e. The van der Waals surface area contributed by atoms with Crippen molar-refractivity contribution in [3.63, 3.8) is 0 Å². The van der Waals surface area contributed by atoms with Crippen LogP contribution in [0.15, 0.2) is 52.3 Å². The van der Waals surface area contributed by atoms with E-state index in [0.29, 0.717) is 36.9 Å². The van der Waals surface area contributed by atoms with E-state index in [1.807, 2.05) is 0 Å². The second-order valence-corrected chi connectivity index (χ2v) is 5.19. The average molecular weight is 300 g/mol. The molecule has 0 N–H and O–H groups in total. The summed E-state index contributed by atoms with van der Waals surface area (Å²) in [7, 11) is 0. The Morgan fingerprint density at radius 1 is 1.14 bits per heavy atom. The van der Waals surface area contributed by atoms with Gasteiger partial charge in [-0.05, 0) is 19.1 Å². The number of nitrogens with zero attached hydrogens (tertiary/aromatic N) is 2. The third kappa shape index (κ3) is 2.55. The summed E-state index contributed by atoms with van der Waals surface area (Å²) in [6.07, 6.45) is 3.15. The first kappa shape index (κ1) is 14.2. The van der Waals surface area contributed by atoms with E-state index < -0.39 is 11.1 Å². The first-order chi connectivity index (χ1) is 10.6. The van der Waals surface area contributed by atoms with Crippen LogP contribution in [-0.2, 0) is 6.54 Å². The van der Waals surface area contributed by atoms with Crippen LogP contribution in [0.3, 0.4) is 0 Å². The topological polar surface area (TPSA) is 62.5 Å². The summed E-state index contributed by atoms with van der Waals surface area (Å²) in [5.41, 5.74) is 0.174. The summed E-state index contributed by atoms with van der Waals surface area (Å²) in [4.78, 5) is 24.4. The van der Waals surface area contributed by atoms with Crippen molar-refractivity contribution in [1.82, 2.24) is 9.13 Å². The zero-order valence-electron chi connectivity index (χ0n) is 12.2. The van der Waals surface area contributed by atoms with Crippen LogP contribution in [0.2, 0.25) is 0 Å². The van der Waals surface area contributed by atoms with Gasteiger partial charge in [-0.25, -0.2) is 0 Å². The largest absolute Gasteiger partial charge is 0.486 e. The van der Waals surface area contributed by atoms with Gasteiger partial charge in [-0.15, -0.1) is 0 Å². The summed E-state index contributed by atoms with van der Waals surface area (Å²) >= 11 is 0. The molecule has 6 nitrogen and oxygen atoms in total. The van der Waals surface area contributed by atoms with Gasteiger partial charge in [-0.1, -0.05) is 12.2 Å². The fourth-order valence-electron chi connectivity index (χ4n) is 2.31. The van der Waals surface area contributed by atoms with Gasteiger partial charge in [0.25, 0.3) is 0 Å². The van der Waals surface area contributed by atoms with Crippen LogP contribution in [0.5, 0.6) is 11.5 Å². The fraction of sp³-hybridized carbons (Fsp3) is 0.250. The molecule has 0 saturated carbocycles. The average Bonchev–Trinajstić information content (AvgIpc) is 2.51. The molecule has 6 heteroatoms. The van der Waals surface area contributed by atoms with Gasteiger partial charge in [-0.3, -0.25) is 14.2 Å². The van der Waals surface area contributed by atoms with Crippen LogP contribution in [0.1, 0.15) is 6.92 Å². The highest BCUT2D eigenvalue weighted by molar-refractivity contribution is 5.49. The maximum atomic E-state index is 12.3. The minimum atomic E-state index is -0.611. The van der Waals surface area contributed by atoms with Crippen LogP contribution in [-0.4, -0.2) is 22.3 Å². The van der Waals surface area contributed by atoms with E-state index in [2.05, 4.69) is 6.58 Å². The molecule has 0 fully saturated rings. The summed E-state index contributed by atoms with van der Waals surface area (Å²) in [5, 5.41) is 0. The lowest BCUT2D eigenvalue weighted by molar-refractivity contribution is 0.171. The summed E-state index contributed by atoms with van der Waals surface area (Å²) in [6, 6.07) is 5.14. The molecule has 1 aromatic heterocycles. The van der Waals surface area contributed by atoms with E-state index in [-0.39, 0.29) is 0 Å². The molecule has 1 aromatic carbocycles. The molecule has 3 rings (SSSR count). The molecule has 0 unspecified atom stereocenters. The number of benzene rings is 1. The summed E-state index contributed by atoms with van der Waals surface area (Å²) in [5.74, 6) is 1.21. The van der Waals surface area contributed by atoms with Gasteiger partial charge >= 0.3 is 11.1 Å². The van der Waals surface area contributed by atoms with Gasteiger partial charge in [0.15, 0.2) is 11.5 Å². The van der Waals surface area contributed by atoms with Crippen molar-refractivity contribution in [1.29, 1.82) is 0 Å². The van der Waals surface area contributed by atoms with Crippen molar-refractivity contribution < 1.29 is 9.47 Å². The Bertz CT molecular complexity index is 848. The predicted molar refractivity (Wildman–Crippen MR) is 82.1 cm³/mol. The lowest BCUT2D eigenvalue weighted by Crippen LogP contribution is -2.40. The molecule has 0 atom stereocenters. The van der Waals surface area contributed by atoms with Gasteiger partial charge in [0.2, 0.25) is 0 Å². The van der Waals surface area contributed by atoms with E-state index >= 15 is 0 Å². The predicted octanol–water partition coefficient (Wildman–Crippen LogP) is 1.35. The maximum Gasteiger partial charge on any atom is 0.320 e. The second-order valence-electron chi connectivity index (χ2n) is 5.19. The maximum absolute atomic E-state index is 12.3. The Kier molecular flexibility index (Phi) is 3.58. The van der Waals surface area contributed by atoms with E-state index in [1.165, 1.54) is 9.13 Å². The fourth-order valence-corrected chi connectivity index (χ4v) is 2.31. The van der Waals surface area contributed by atoms with Crippen molar-refractivity contribution in [3.8, 4) is 17.2 Å². The molecule has 22 heavy (non-hydrogen) atoms. The summed E-state index contributed by atoms with van der Waals surface area (Å²) < 4.78 is 13.6. The van der Waals surface area contributed by atoms with Crippen LogP contribution in [0, 0.1) is 0 Å². The van der Waals surface area contributed by atoms with E-state index in [4.69, 9.17) is 9.47 Å². The lowest BCUT2D eigenvalue weighted by Gasteiger charge is -2.19. The van der Waals surface area contributed by atoms with Crippen molar-refractivity contribution in [2.45, 2.75) is 13.5 Å². The first-order valence-corrected chi connectivity index (χ1v) is 6.93. The normalized spacial score (nSPS) is 13.0. The highest BCUT2D eigenvalue weighted by Gasteiger charge is 2.14. The molecule has 0 saturated heterocycles. The van der Waals surface area contributed by atoms with Crippen LogP contribution < -0.4 is 20.6 Å². The molecular weight excluding hydrogens is 284 g/mol. The van der Waals surface area contributed by atoms with Gasteiger partial charge in [0.1, 0.15) is 13.2 Å². The minimum absolute atomic E-state index is 0.329. The molecule has 1 aliphatic heterocycles. The quantitative estimate of drug-likeness (QED) is 0.634. The monoisotopic (exact) mass is 300 g/mol. The Morgan fingerprint density at radius 2 is 1.86 bits per heavy atom. The Balaban J connectivity index is 2.06.